The second-order valence-corrected chi connectivity index (χ2v) is 7.51. The standard InChI is InChI=1S/C24H23NO4/c1-14-21(24(28)29-2)22(16-9-6-10-18(26)11-16)23-19(25-14)12-17(13-20(23)27)15-7-4-3-5-8-15/h3-11,17,22,25-26H,12-13H2,1-2H3/t17-,22+/m0/s1. The van der Waals surface area contributed by atoms with E-state index >= 15 is 0 Å². The number of Topliss-reactive ketones (excluding diaryl/α,β-unsaturated/α-hetero) is 1. The van der Waals surface area contributed by atoms with Gasteiger partial charge in [-0.1, -0.05) is 42.5 Å². The molecule has 0 saturated heterocycles. The maximum absolute atomic E-state index is 13.3. The first kappa shape index (κ1) is 19.0. The van der Waals surface area contributed by atoms with Gasteiger partial charge in [0.1, 0.15) is 5.75 Å². The Hall–Kier alpha value is -3.34. The van der Waals surface area contributed by atoms with E-state index in [1.807, 2.05) is 43.3 Å². The first-order chi connectivity index (χ1) is 14.0. The molecule has 0 amide bonds. The maximum atomic E-state index is 13.3. The fourth-order valence-electron chi connectivity index (χ4n) is 4.42. The molecule has 5 heteroatoms. The monoisotopic (exact) mass is 389 g/mol. The summed E-state index contributed by atoms with van der Waals surface area (Å²) in [6.45, 7) is 1.82. The van der Waals surface area contributed by atoms with Gasteiger partial charge in [0.25, 0.3) is 0 Å². The van der Waals surface area contributed by atoms with Crippen LogP contribution in [0.1, 0.15) is 42.7 Å². The minimum atomic E-state index is -0.560. The van der Waals surface area contributed by atoms with Gasteiger partial charge < -0.3 is 15.2 Å². The summed E-state index contributed by atoms with van der Waals surface area (Å²) in [5.74, 6) is -0.847. The van der Waals surface area contributed by atoms with Crippen LogP contribution in [-0.2, 0) is 14.3 Å². The van der Waals surface area contributed by atoms with E-state index < -0.39 is 11.9 Å². The van der Waals surface area contributed by atoms with Crippen LogP contribution in [0.15, 0.2) is 77.1 Å². The van der Waals surface area contributed by atoms with Crippen molar-refractivity contribution in [3.8, 4) is 5.75 Å². The summed E-state index contributed by atoms with van der Waals surface area (Å²) in [5.41, 5.74) is 4.34. The van der Waals surface area contributed by atoms with E-state index in [0.29, 0.717) is 35.2 Å². The molecule has 0 radical (unpaired) electrons. The number of nitrogens with one attached hydrogen (secondary N) is 1. The first-order valence-corrected chi connectivity index (χ1v) is 9.65. The number of hydrogen-bond donors (Lipinski definition) is 2. The van der Waals surface area contributed by atoms with Gasteiger partial charge in [0, 0.05) is 29.3 Å². The van der Waals surface area contributed by atoms with Gasteiger partial charge in [0.15, 0.2) is 5.78 Å². The predicted octanol–water partition coefficient (Wildman–Crippen LogP) is 3.93. The molecule has 2 N–H and O–H groups in total. The van der Waals surface area contributed by atoms with Crippen molar-refractivity contribution in [2.24, 2.45) is 0 Å². The van der Waals surface area contributed by atoms with Gasteiger partial charge in [-0.25, -0.2) is 4.79 Å². The summed E-state index contributed by atoms with van der Waals surface area (Å²) >= 11 is 0. The summed E-state index contributed by atoms with van der Waals surface area (Å²) in [6, 6.07) is 16.7. The Morgan fingerprint density at radius 1 is 1.07 bits per heavy atom. The lowest BCUT2D eigenvalue weighted by Crippen LogP contribution is -2.36. The smallest absolute Gasteiger partial charge is 0.336 e. The third kappa shape index (κ3) is 3.44. The van der Waals surface area contributed by atoms with Crippen LogP contribution in [-0.4, -0.2) is 24.0 Å². The number of ether oxygens (including phenoxy) is 1. The van der Waals surface area contributed by atoms with E-state index in [0.717, 1.165) is 11.3 Å². The summed E-state index contributed by atoms with van der Waals surface area (Å²) in [7, 11) is 1.33. The number of rotatable bonds is 3. The zero-order valence-corrected chi connectivity index (χ0v) is 16.4. The van der Waals surface area contributed by atoms with Crippen molar-refractivity contribution in [1.29, 1.82) is 0 Å². The number of carbonyl (C=O) groups excluding carboxylic acids is 2. The highest BCUT2D eigenvalue weighted by atomic mass is 16.5. The number of allylic oxidation sites excluding steroid dienone is 3. The molecule has 0 aromatic heterocycles. The highest BCUT2D eigenvalue weighted by molar-refractivity contribution is 6.04. The quantitative estimate of drug-likeness (QED) is 0.778. The lowest BCUT2D eigenvalue weighted by molar-refractivity contribution is -0.136. The SMILES string of the molecule is COC(=O)C1=C(C)NC2=C(C(=O)C[C@@H](c3ccccc3)C2)[C@@H]1c1cccc(O)c1. The maximum Gasteiger partial charge on any atom is 0.336 e. The summed E-state index contributed by atoms with van der Waals surface area (Å²) in [4.78, 5) is 25.9. The van der Waals surface area contributed by atoms with Gasteiger partial charge in [0.05, 0.1) is 12.7 Å². The molecule has 4 rings (SSSR count). The number of methoxy groups -OCH3 is 1. The topological polar surface area (TPSA) is 75.6 Å². The van der Waals surface area contributed by atoms with Gasteiger partial charge in [-0.05, 0) is 42.5 Å². The van der Waals surface area contributed by atoms with Crippen molar-refractivity contribution in [2.75, 3.05) is 7.11 Å². The zero-order valence-electron chi connectivity index (χ0n) is 16.4. The first-order valence-electron chi connectivity index (χ1n) is 9.65. The van der Waals surface area contributed by atoms with Crippen molar-refractivity contribution >= 4 is 11.8 Å². The molecule has 5 nitrogen and oxygen atoms in total. The van der Waals surface area contributed by atoms with Crippen LogP contribution < -0.4 is 5.32 Å². The van der Waals surface area contributed by atoms with Gasteiger partial charge >= 0.3 is 5.97 Å². The van der Waals surface area contributed by atoms with Crippen LogP contribution in [0.3, 0.4) is 0 Å². The van der Waals surface area contributed by atoms with Crippen LogP contribution in [0.4, 0.5) is 0 Å². The molecular formula is C24H23NO4. The van der Waals surface area contributed by atoms with Crippen molar-refractivity contribution in [2.45, 2.75) is 31.6 Å². The normalized spacial score (nSPS) is 21.5. The molecule has 0 unspecified atom stereocenters. The highest BCUT2D eigenvalue weighted by Gasteiger charge is 2.41. The lowest BCUT2D eigenvalue weighted by atomic mass is 9.71. The minimum absolute atomic E-state index is 0.00912. The molecule has 0 bridgehead atoms. The van der Waals surface area contributed by atoms with Crippen LogP contribution >= 0.6 is 0 Å². The molecule has 0 spiro atoms. The van der Waals surface area contributed by atoms with E-state index in [-0.39, 0.29) is 17.5 Å². The molecule has 1 heterocycles. The Balaban J connectivity index is 1.82. The van der Waals surface area contributed by atoms with E-state index in [1.54, 1.807) is 18.2 Å². The Kier molecular flexibility index (Phi) is 4.97. The van der Waals surface area contributed by atoms with Gasteiger partial charge in [-0.3, -0.25) is 4.79 Å². The zero-order chi connectivity index (χ0) is 20.5. The fraction of sp³-hybridized carbons (Fsp3) is 0.250. The number of carbonyl (C=O) groups is 2. The molecule has 29 heavy (non-hydrogen) atoms. The largest absolute Gasteiger partial charge is 0.508 e. The van der Waals surface area contributed by atoms with Crippen molar-refractivity contribution in [1.82, 2.24) is 5.32 Å². The molecule has 2 aromatic rings. The Labute approximate surface area is 169 Å². The van der Waals surface area contributed by atoms with Gasteiger partial charge in [0.2, 0.25) is 0 Å². The minimum Gasteiger partial charge on any atom is -0.508 e. The van der Waals surface area contributed by atoms with Crippen LogP contribution in [0.2, 0.25) is 0 Å². The van der Waals surface area contributed by atoms with Crippen LogP contribution in [0.25, 0.3) is 0 Å². The molecule has 2 aromatic carbocycles. The van der Waals surface area contributed by atoms with Gasteiger partial charge in [-0.2, -0.15) is 0 Å². The summed E-state index contributed by atoms with van der Waals surface area (Å²) in [6.07, 6.45) is 1.07. The fourth-order valence-corrected chi connectivity index (χ4v) is 4.42. The number of esters is 1. The van der Waals surface area contributed by atoms with E-state index in [2.05, 4.69) is 5.32 Å². The molecule has 1 aliphatic carbocycles. The molecule has 0 fully saturated rings. The molecule has 148 valence electrons. The van der Waals surface area contributed by atoms with Crippen molar-refractivity contribution < 1.29 is 19.4 Å². The number of aromatic hydroxyl groups is 1. The lowest BCUT2D eigenvalue weighted by Gasteiger charge is -2.36. The predicted molar refractivity (Wildman–Crippen MR) is 109 cm³/mol. The molecular weight excluding hydrogens is 366 g/mol. The Morgan fingerprint density at radius 2 is 1.79 bits per heavy atom. The average molecular weight is 389 g/mol. The molecule has 2 aliphatic rings. The Bertz CT molecular complexity index is 1040. The average Bonchev–Trinajstić information content (AvgIpc) is 2.72. The number of dihydropyridines is 1. The number of hydrogen-bond acceptors (Lipinski definition) is 5. The van der Waals surface area contributed by atoms with Crippen LogP contribution in [0.5, 0.6) is 5.75 Å². The van der Waals surface area contributed by atoms with Crippen molar-refractivity contribution in [3.05, 3.63) is 88.3 Å². The van der Waals surface area contributed by atoms with E-state index in [1.165, 1.54) is 7.11 Å². The molecule has 2 atom stereocenters. The second kappa shape index (κ2) is 7.59. The van der Waals surface area contributed by atoms with E-state index in [4.69, 9.17) is 4.74 Å². The van der Waals surface area contributed by atoms with Gasteiger partial charge in [-0.15, -0.1) is 0 Å². The number of benzene rings is 2. The van der Waals surface area contributed by atoms with Crippen molar-refractivity contribution in [3.63, 3.8) is 0 Å². The third-order valence-electron chi connectivity index (χ3n) is 5.71. The number of phenols is 1. The van der Waals surface area contributed by atoms with Crippen LogP contribution in [0, 0.1) is 0 Å². The molecule has 1 aliphatic heterocycles. The van der Waals surface area contributed by atoms with E-state index in [9.17, 15) is 14.7 Å². The summed E-state index contributed by atoms with van der Waals surface area (Å²) < 4.78 is 5.01. The highest BCUT2D eigenvalue weighted by Crippen LogP contribution is 2.46. The third-order valence-corrected chi connectivity index (χ3v) is 5.71. The number of phenolic OH excluding ortho intramolecular Hbond substituents is 1. The Morgan fingerprint density at radius 3 is 2.48 bits per heavy atom. The number of ketones is 1. The summed E-state index contributed by atoms with van der Waals surface area (Å²) in [5, 5.41) is 13.3. The molecule has 0 saturated carbocycles. The second-order valence-electron chi connectivity index (χ2n) is 7.51.